The molecule has 3 aromatic carbocycles. The van der Waals surface area contributed by atoms with Gasteiger partial charge < -0.3 is 4.90 Å². The third-order valence-corrected chi connectivity index (χ3v) is 3.86. The van der Waals surface area contributed by atoms with E-state index in [1.54, 1.807) is 0 Å². The molecule has 110 valence electrons. The second kappa shape index (κ2) is 6.44. The van der Waals surface area contributed by atoms with E-state index in [-0.39, 0.29) is 5.91 Å². The number of amides is 1. The fourth-order valence-electron chi connectivity index (χ4n) is 2.71. The number of nitrogens with zero attached hydrogens (tertiary/aromatic N) is 1. The Morgan fingerprint density at radius 1 is 0.864 bits per heavy atom. The molecule has 22 heavy (non-hydrogen) atoms. The predicted molar refractivity (Wildman–Crippen MR) is 92.1 cm³/mol. The average molecular weight is 289 g/mol. The Morgan fingerprint density at radius 3 is 2.27 bits per heavy atom. The Morgan fingerprint density at radius 2 is 1.55 bits per heavy atom. The predicted octanol–water partition coefficient (Wildman–Crippen LogP) is 4.44. The molecule has 0 aliphatic rings. The van der Waals surface area contributed by atoms with E-state index in [4.69, 9.17) is 0 Å². The summed E-state index contributed by atoms with van der Waals surface area (Å²) in [4.78, 5) is 14.5. The van der Waals surface area contributed by atoms with Gasteiger partial charge in [0, 0.05) is 12.2 Å². The minimum absolute atomic E-state index is 0.129. The van der Waals surface area contributed by atoms with Crippen LogP contribution in [0.3, 0.4) is 0 Å². The Bertz CT molecular complexity index is 780. The molecule has 0 fully saturated rings. The topological polar surface area (TPSA) is 20.3 Å². The molecule has 0 spiro atoms. The van der Waals surface area contributed by atoms with E-state index in [0.29, 0.717) is 13.0 Å². The zero-order valence-corrected chi connectivity index (χ0v) is 12.7. The van der Waals surface area contributed by atoms with E-state index < -0.39 is 0 Å². The number of fused-ring (bicyclic) bond motifs is 1. The van der Waals surface area contributed by atoms with Crippen molar-refractivity contribution in [3.8, 4) is 0 Å². The highest BCUT2D eigenvalue weighted by Gasteiger charge is 2.14. The summed E-state index contributed by atoms with van der Waals surface area (Å²) in [5, 5.41) is 2.35. The van der Waals surface area contributed by atoms with E-state index in [0.717, 1.165) is 16.6 Å². The zero-order chi connectivity index (χ0) is 15.4. The quantitative estimate of drug-likeness (QED) is 0.695. The first kappa shape index (κ1) is 14.3. The van der Waals surface area contributed by atoms with Crippen molar-refractivity contribution in [1.29, 1.82) is 0 Å². The maximum atomic E-state index is 12.6. The monoisotopic (exact) mass is 289 g/mol. The Kier molecular flexibility index (Phi) is 4.19. The van der Waals surface area contributed by atoms with Crippen LogP contribution in [0.1, 0.15) is 12.5 Å². The number of carbonyl (C=O) groups is 1. The van der Waals surface area contributed by atoms with Gasteiger partial charge in [-0.2, -0.15) is 0 Å². The highest BCUT2D eigenvalue weighted by atomic mass is 16.2. The van der Waals surface area contributed by atoms with Gasteiger partial charge in [0.25, 0.3) is 0 Å². The summed E-state index contributed by atoms with van der Waals surface area (Å²) in [5.41, 5.74) is 2.01. The highest BCUT2D eigenvalue weighted by Crippen LogP contribution is 2.22. The molecule has 0 aromatic heterocycles. The summed E-state index contributed by atoms with van der Waals surface area (Å²) >= 11 is 0. The van der Waals surface area contributed by atoms with Gasteiger partial charge in [-0.3, -0.25) is 4.79 Å². The first-order valence-electron chi connectivity index (χ1n) is 7.61. The van der Waals surface area contributed by atoms with Crippen molar-refractivity contribution in [2.75, 3.05) is 11.4 Å². The summed E-state index contributed by atoms with van der Waals surface area (Å²) in [6.07, 6.45) is 0.432. The lowest BCUT2D eigenvalue weighted by Crippen LogP contribution is -2.31. The van der Waals surface area contributed by atoms with Crippen molar-refractivity contribution in [3.63, 3.8) is 0 Å². The van der Waals surface area contributed by atoms with Crippen molar-refractivity contribution >= 4 is 22.4 Å². The van der Waals surface area contributed by atoms with Crippen LogP contribution in [-0.4, -0.2) is 12.5 Å². The lowest BCUT2D eigenvalue weighted by molar-refractivity contribution is -0.117. The number of benzene rings is 3. The van der Waals surface area contributed by atoms with Gasteiger partial charge in [0.15, 0.2) is 0 Å². The molecule has 2 heteroatoms. The van der Waals surface area contributed by atoms with Crippen LogP contribution in [0.15, 0.2) is 72.8 Å². The van der Waals surface area contributed by atoms with Crippen LogP contribution in [0.4, 0.5) is 5.69 Å². The highest BCUT2D eigenvalue weighted by molar-refractivity contribution is 5.97. The van der Waals surface area contributed by atoms with Gasteiger partial charge in [-0.25, -0.2) is 0 Å². The van der Waals surface area contributed by atoms with Gasteiger partial charge >= 0.3 is 0 Å². The fourth-order valence-corrected chi connectivity index (χ4v) is 2.71. The van der Waals surface area contributed by atoms with Crippen LogP contribution in [0.25, 0.3) is 10.8 Å². The third kappa shape index (κ3) is 3.01. The van der Waals surface area contributed by atoms with Crippen LogP contribution < -0.4 is 4.90 Å². The number of carbonyl (C=O) groups excluding carboxylic acids is 1. The molecule has 0 atom stereocenters. The SMILES string of the molecule is CCN(C(=O)Cc1ccccc1)c1ccc2ccccc2c1. The van der Waals surface area contributed by atoms with E-state index in [9.17, 15) is 4.79 Å². The smallest absolute Gasteiger partial charge is 0.231 e. The normalized spacial score (nSPS) is 10.6. The number of hydrogen-bond donors (Lipinski definition) is 0. The van der Waals surface area contributed by atoms with Crippen LogP contribution in [-0.2, 0) is 11.2 Å². The van der Waals surface area contributed by atoms with Crippen LogP contribution in [0.5, 0.6) is 0 Å². The van der Waals surface area contributed by atoms with Gasteiger partial charge in [0.1, 0.15) is 0 Å². The maximum Gasteiger partial charge on any atom is 0.231 e. The third-order valence-electron chi connectivity index (χ3n) is 3.86. The molecule has 0 bridgehead atoms. The molecule has 0 unspecified atom stereocenters. The molecule has 0 saturated heterocycles. The molecular formula is C20H19NO. The largest absolute Gasteiger partial charge is 0.312 e. The second-order valence-corrected chi connectivity index (χ2v) is 5.33. The number of rotatable bonds is 4. The molecule has 0 heterocycles. The zero-order valence-electron chi connectivity index (χ0n) is 12.7. The van der Waals surface area contributed by atoms with E-state index >= 15 is 0 Å². The van der Waals surface area contributed by atoms with Crippen molar-refractivity contribution in [3.05, 3.63) is 78.4 Å². The van der Waals surface area contributed by atoms with Crippen LogP contribution in [0.2, 0.25) is 0 Å². The minimum atomic E-state index is 0.129. The molecule has 3 rings (SSSR count). The summed E-state index contributed by atoms with van der Waals surface area (Å²) in [7, 11) is 0. The number of hydrogen-bond acceptors (Lipinski definition) is 1. The average Bonchev–Trinajstić information content (AvgIpc) is 2.56. The number of likely N-dealkylation sites (N-methyl/N-ethyl adjacent to an activating group) is 1. The minimum Gasteiger partial charge on any atom is -0.312 e. The molecule has 0 N–H and O–H groups in total. The molecule has 2 nitrogen and oxygen atoms in total. The van der Waals surface area contributed by atoms with Crippen molar-refractivity contribution in [1.82, 2.24) is 0 Å². The van der Waals surface area contributed by atoms with Crippen LogP contribution >= 0.6 is 0 Å². The lowest BCUT2D eigenvalue weighted by atomic mass is 10.1. The standard InChI is InChI=1S/C20H19NO/c1-2-21(20(22)14-16-8-4-3-5-9-16)19-13-12-17-10-6-7-11-18(17)15-19/h3-13,15H,2,14H2,1H3. The second-order valence-electron chi connectivity index (χ2n) is 5.33. The fraction of sp³-hybridized carbons (Fsp3) is 0.150. The molecule has 1 amide bonds. The maximum absolute atomic E-state index is 12.6. The first-order chi connectivity index (χ1) is 10.8. The Balaban J connectivity index is 1.87. The van der Waals surface area contributed by atoms with E-state index in [2.05, 4.69) is 24.3 Å². The summed E-state index contributed by atoms with van der Waals surface area (Å²) in [6, 6.07) is 24.3. The summed E-state index contributed by atoms with van der Waals surface area (Å²) in [6.45, 7) is 2.68. The van der Waals surface area contributed by atoms with Gasteiger partial charge in [-0.15, -0.1) is 0 Å². The van der Waals surface area contributed by atoms with Crippen molar-refractivity contribution in [2.24, 2.45) is 0 Å². The molecule has 0 aliphatic carbocycles. The van der Waals surface area contributed by atoms with Gasteiger partial charge in [-0.1, -0.05) is 60.7 Å². The van der Waals surface area contributed by atoms with Gasteiger partial charge in [-0.05, 0) is 35.4 Å². The van der Waals surface area contributed by atoms with E-state index in [1.165, 1.54) is 5.39 Å². The van der Waals surface area contributed by atoms with Crippen molar-refractivity contribution < 1.29 is 4.79 Å². The Hall–Kier alpha value is -2.61. The molecule has 0 radical (unpaired) electrons. The van der Waals surface area contributed by atoms with E-state index in [1.807, 2.05) is 60.4 Å². The summed E-state index contributed by atoms with van der Waals surface area (Å²) in [5.74, 6) is 0.129. The van der Waals surface area contributed by atoms with Gasteiger partial charge in [0.2, 0.25) is 5.91 Å². The number of anilines is 1. The molecule has 3 aromatic rings. The molecule has 0 saturated carbocycles. The lowest BCUT2D eigenvalue weighted by Gasteiger charge is -2.21. The van der Waals surface area contributed by atoms with Crippen molar-refractivity contribution in [2.45, 2.75) is 13.3 Å². The van der Waals surface area contributed by atoms with Crippen LogP contribution in [0, 0.1) is 0 Å². The summed E-state index contributed by atoms with van der Waals surface area (Å²) < 4.78 is 0. The first-order valence-corrected chi connectivity index (χ1v) is 7.61. The molecular weight excluding hydrogens is 270 g/mol. The van der Waals surface area contributed by atoms with Gasteiger partial charge in [0.05, 0.1) is 6.42 Å². The Labute approximate surface area is 131 Å². The molecule has 0 aliphatic heterocycles.